The van der Waals surface area contributed by atoms with Crippen LogP contribution < -0.4 is 9.47 Å². The number of amides is 1. The first-order valence-electron chi connectivity index (χ1n) is 7.17. The molecule has 1 fully saturated rings. The minimum atomic E-state index is 0.0862. The van der Waals surface area contributed by atoms with Gasteiger partial charge in [0.1, 0.15) is 0 Å². The monoisotopic (exact) mass is 293 g/mol. The van der Waals surface area contributed by atoms with Crippen molar-refractivity contribution < 1.29 is 19.0 Å². The lowest BCUT2D eigenvalue weighted by Crippen LogP contribution is -2.48. The lowest BCUT2D eigenvalue weighted by molar-refractivity contribution is -0.142. The fourth-order valence-electron chi connectivity index (χ4n) is 2.66. The van der Waals surface area contributed by atoms with Gasteiger partial charge in [0.25, 0.3) is 0 Å². The molecule has 1 aliphatic rings. The van der Waals surface area contributed by atoms with E-state index in [0.717, 1.165) is 5.56 Å². The fraction of sp³-hybridized carbons (Fsp3) is 0.562. The van der Waals surface area contributed by atoms with Crippen LogP contribution in [0.1, 0.15) is 19.4 Å². The van der Waals surface area contributed by atoms with E-state index < -0.39 is 0 Å². The van der Waals surface area contributed by atoms with Gasteiger partial charge in [0, 0.05) is 13.1 Å². The molecule has 0 aromatic heterocycles. The van der Waals surface area contributed by atoms with Crippen LogP contribution in [0.3, 0.4) is 0 Å². The maximum absolute atomic E-state index is 12.4. The van der Waals surface area contributed by atoms with E-state index in [0.29, 0.717) is 31.0 Å². The molecule has 5 heteroatoms. The molecule has 2 rings (SSSR count). The Bertz CT molecular complexity index is 493. The Balaban J connectivity index is 2.05. The maximum atomic E-state index is 12.4. The summed E-state index contributed by atoms with van der Waals surface area (Å²) >= 11 is 0. The summed E-state index contributed by atoms with van der Waals surface area (Å²) in [7, 11) is 3.19. The standard InChI is InChI=1S/C16H23NO4/c1-11-9-17(10-12(2)21-11)16(18)8-13-5-6-14(19-3)15(7-13)20-4/h5-7,11-12H,8-10H2,1-4H3/t11-,12-/m0/s1. The highest BCUT2D eigenvalue weighted by atomic mass is 16.5. The average molecular weight is 293 g/mol. The van der Waals surface area contributed by atoms with Crippen molar-refractivity contribution in [1.82, 2.24) is 4.90 Å². The van der Waals surface area contributed by atoms with Gasteiger partial charge in [0.05, 0.1) is 32.8 Å². The molecule has 0 spiro atoms. The zero-order valence-corrected chi connectivity index (χ0v) is 13.1. The molecule has 1 amide bonds. The number of carbonyl (C=O) groups is 1. The summed E-state index contributed by atoms with van der Waals surface area (Å²) in [6.07, 6.45) is 0.533. The second-order valence-corrected chi connectivity index (χ2v) is 5.42. The smallest absolute Gasteiger partial charge is 0.227 e. The molecule has 2 atom stereocenters. The van der Waals surface area contributed by atoms with Gasteiger partial charge in [-0.2, -0.15) is 0 Å². The molecule has 1 aliphatic heterocycles. The van der Waals surface area contributed by atoms with Crippen molar-refractivity contribution in [3.05, 3.63) is 23.8 Å². The second kappa shape index (κ2) is 6.80. The molecular weight excluding hydrogens is 270 g/mol. The molecule has 1 aromatic carbocycles. The summed E-state index contributed by atoms with van der Waals surface area (Å²) in [5.41, 5.74) is 0.921. The number of ether oxygens (including phenoxy) is 3. The molecular formula is C16H23NO4. The first-order chi connectivity index (χ1) is 10.0. The van der Waals surface area contributed by atoms with Crippen molar-refractivity contribution in [3.63, 3.8) is 0 Å². The Morgan fingerprint density at radius 3 is 2.38 bits per heavy atom. The van der Waals surface area contributed by atoms with Crippen molar-refractivity contribution in [2.75, 3.05) is 27.3 Å². The lowest BCUT2D eigenvalue weighted by atomic mass is 10.1. The van der Waals surface area contributed by atoms with E-state index in [1.54, 1.807) is 14.2 Å². The van der Waals surface area contributed by atoms with Crippen LogP contribution >= 0.6 is 0 Å². The Morgan fingerprint density at radius 2 is 1.81 bits per heavy atom. The van der Waals surface area contributed by atoms with Gasteiger partial charge in [-0.05, 0) is 31.5 Å². The lowest BCUT2D eigenvalue weighted by Gasteiger charge is -2.35. The first kappa shape index (κ1) is 15.6. The SMILES string of the molecule is COc1ccc(CC(=O)N2C[C@H](C)O[C@@H](C)C2)cc1OC. The van der Waals surface area contributed by atoms with Gasteiger partial charge in [0.15, 0.2) is 11.5 Å². The summed E-state index contributed by atoms with van der Waals surface area (Å²) in [6.45, 7) is 5.28. The van der Waals surface area contributed by atoms with Gasteiger partial charge in [-0.1, -0.05) is 6.07 Å². The number of benzene rings is 1. The fourth-order valence-corrected chi connectivity index (χ4v) is 2.66. The zero-order chi connectivity index (χ0) is 15.4. The highest BCUT2D eigenvalue weighted by molar-refractivity contribution is 5.79. The van der Waals surface area contributed by atoms with E-state index in [-0.39, 0.29) is 18.1 Å². The molecule has 1 aromatic rings. The summed E-state index contributed by atoms with van der Waals surface area (Å²) < 4.78 is 16.1. The third-order valence-electron chi connectivity index (χ3n) is 3.58. The van der Waals surface area contributed by atoms with Gasteiger partial charge >= 0.3 is 0 Å². The van der Waals surface area contributed by atoms with Gasteiger partial charge in [0.2, 0.25) is 5.91 Å². The Hall–Kier alpha value is -1.75. The second-order valence-electron chi connectivity index (χ2n) is 5.42. The van der Waals surface area contributed by atoms with Crippen LogP contribution in [0.15, 0.2) is 18.2 Å². The zero-order valence-electron chi connectivity index (χ0n) is 13.1. The third-order valence-corrected chi connectivity index (χ3v) is 3.58. The van der Waals surface area contributed by atoms with Crippen molar-refractivity contribution in [1.29, 1.82) is 0 Å². The number of carbonyl (C=O) groups excluding carboxylic acids is 1. The van der Waals surface area contributed by atoms with Crippen molar-refractivity contribution in [3.8, 4) is 11.5 Å². The predicted octanol–water partition coefficient (Wildman–Crippen LogP) is 1.88. The normalized spacial score (nSPS) is 22.0. The summed E-state index contributed by atoms with van der Waals surface area (Å²) in [6, 6.07) is 5.57. The minimum absolute atomic E-state index is 0.0862. The van der Waals surface area contributed by atoms with Crippen LogP contribution in [0.2, 0.25) is 0 Å². The average Bonchev–Trinajstić information content (AvgIpc) is 2.46. The van der Waals surface area contributed by atoms with E-state index in [1.165, 1.54) is 0 Å². The number of hydrogen-bond acceptors (Lipinski definition) is 4. The van der Waals surface area contributed by atoms with Crippen LogP contribution in [0.5, 0.6) is 11.5 Å². The molecule has 0 saturated carbocycles. The minimum Gasteiger partial charge on any atom is -0.493 e. The van der Waals surface area contributed by atoms with Gasteiger partial charge in [-0.15, -0.1) is 0 Å². The van der Waals surface area contributed by atoms with Crippen molar-refractivity contribution >= 4 is 5.91 Å². The van der Waals surface area contributed by atoms with Crippen LogP contribution in [0, 0.1) is 0 Å². The van der Waals surface area contributed by atoms with Gasteiger partial charge in [-0.25, -0.2) is 0 Å². The van der Waals surface area contributed by atoms with E-state index in [2.05, 4.69) is 0 Å². The predicted molar refractivity (Wildman–Crippen MR) is 79.8 cm³/mol. The molecule has 5 nitrogen and oxygen atoms in total. The van der Waals surface area contributed by atoms with E-state index in [4.69, 9.17) is 14.2 Å². The maximum Gasteiger partial charge on any atom is 0.227 e. The highest BCUT2D eigenvalue weighted by Gasteiger charge is 2.25. The van der Waals surface area contributed by atoms with Gasteiger partial charge < -0.3 is 19.1 Å². The van der Waals surface area contributed by atoms with Crippen LogP contribution in [0.25, 0.3) is 0 Å². The molecule has 21 heavy (non-hydrogen) atoms. The molecule has 0 aliphatic carbocycles. The molecule has 0 radical (unpaired) electrons. The Morgan fingerprint density at radius 1 is 1.19 bits per heavy atom. The van der Waals surface area contributed by atoms with Crippen LogP contribution in [0.4, 0.5) is 0 Å². The van der Waals surface area contributed by atoms with Crippen LogP contribution in [-0.2, 0) is 16.0 Å². The number of rotatable bonds is 4. The summed E-state index contributed by atoms with van der Waals surface area (Å²) in [5, 5.41) is 0. The number of nitrogens with zero attached hydrogens (tertiary/aromatic N) is 1. The van der Waals surface area contributed by atoms with Crippen molar-refractivity contribution in [2.24, 2.45) is 0 Å². The van der Waals surface area contributed by atoms with Crippen molar-refractivity contribution in [2.45, 2.75) is 32.5 Å². The molecule has 0 bridgehead atoms. The number of methoxy groups -OCH3 is 2. The highest BCUT2D eigenvalue weighted by Crippen LogP contribution is 2.28. The quantitative estimate of drug-likeness (QED) is 0.850. The van der Waals surface area contributed by atoms with Gasteiger partial charge in [-0.3, -0.25) is 4.79 Å². The molecule has 0 N–H and O–H groups in total. The number of hydrogen-bond donors (Lipinski definition) is 0. The molecule has 1 heterocycles. The number of morpholine rings is 1. The Labute approximate surface area is 125 Å². The first-order valence-corrected chi connectivity index (χ1v) is 7.17. The molecule has 0 unspecified atom stereocenters. The molecule has 116 valence electrons. The summed E-state index contributed by atoms with van der Waals surface area (Å²) in [4.78, 5) is 14.3. The largest absolute Gasteiger partial charge is 0.493 e. The van der Waals surface area contributed by atoms with E-state index >= 15 is 0 Å². The third kappa shape index (κ3) is 3.88. The topological polar surface area (TPSA) is 48.0 Å². The van der Waals surface area contributed by atoms with E-state index in [9.17, 15) is 4.79 Å². The van der Waals surface area contributed by atoms with E-state index in [1.807, 2.05) is 36.9 Å². The van der Waals surface area contributed by atoms with Crippen LogP contribution in [-0.4, -0.2) is 50.3 Å². The Kier molecular flexibility index (Phi) is 5.07. The summed E-state index contributed by atoms with van der Waals surface area (Å²) in [5.74, 6) is 1.43. The molecule has 1 saturated heterocycles.